The number of methoxy groups -OCH3 is 1. The molecule has 15 heavy (non-hydrogen) atoms. The standard InChI is InChI=1S/C10H17N3O2/c1-3-4-5-6-15-9-7-8(14-2)12-10(11)13-9/h7H,3-6H2,1-2H3,(H2,11,12,13). The summed E-state index contributed by atoms with van der Waals surface area (Å²) in [5.41, 5.74) is 5.48. The zero-order valence-electron chi connectivity index (χ0n) is 9.19. The number of hydrogen-bond acceptors (Lipinski definition) is 5. The van der Waals surface area contributed by atoms with Crippen molar-refractivity contribution < 1.29 is 9.47 Å². The second-order valence-corrected chi connectivity index (χ2v) is 3.16. The molecule has 0 aromatic carbocycles. The molecule has 0 aliphatic carbocycles. The average molecular weight is 211 g/mol. The fourth-order valence-electron chi connectivity index (χ4n) is 1.13. The van der Waals surface area contributed by atoms with Crippen molar-refractivity contribution in [2.45, 2.75) is 26.2 Å². The van der Waals surface area contributed by atoms with Gasteiger partial charge in [0, 0.05) is 0 Å². The van der Waals surface area contributed by atoms with Crippen molar-refractivity contribution in [1.82, 2.24) is 9.97 Å². The molecule has 1 aromatic heterocycles. The predicted octanol–water partition coefficient (Wildman–Crippen LogP) is 1.64. The number of nitrogens with zero attached hydrogens (tertiary/aromatic N) is 2. The quantitative estimate of drug-likeness (QED) is 0.724. The molecule has 0 radical (unpaired) electrons. The summed E-state index contributed by atoms with van der Waals surface area (Å²) in [4.78, 5) is 7.81. The van der Waals surface area contributed by atoms with Crippen LogP contribution in [0.25, 0.3) is 0 Å². The molecule has 0 saturated carbocycles. The van der Waals surface area contributed by atoms with E-state index >= 15 is 0 Å². The van der Waals surface area contributed by atoms with Gasteiger partial charge in [0.1, 0.15) is 0 Å². The molecule has 0 atom stereocenters. The SMILES string of the molecule is CCCCCOc1cc(OC)nc(N)n1. The van der Waals surface area contributed by atoms with Crippen LogP contribution in [0.4, 0.5) is 5.95 Å². The molecule has 1 aromatic rings. The van der Waals surface area contributed by atoms with Crippen molar-refractivity contribution in [3.05, 3.63) is 6.07 Å². The molecule has 2 N–H and O–H groups in total. The molecular formula is C10H17N3O2. The number of aromatic nitrogens is 2. The first-order chi connectivity index (χ1) is 7.26. The van der Waals surface area contributed by atoms with Crippen LogP contribution in [-0.2, 0) is 0 Å². The van der Waals surface area contributed by atoms with Crippen LogP contribution in [0.3, 0.4) is 0 Å². The van der Waals surface area contributed by atoms with E-state index in [1.165, 1.54) is 13.5 Å². The van der Waals surface area contributed by atoms with E-state index in [0.29, 0.717) is 18.4 Å². The van der Waals surface area contributed by atoms with E-state index < -0.39 is 0 Å². The Morgan fingerprint density at radius 1 is 1.27 bits per heavy atom. The molecule has 5 heteroatoms. The highest BCUT2D eigenvalue weighted by Gasteiger charge is 2.02. The van der Waals surface area contributed by atoms with Gasteiger partial charge in [-0.1, -0.05) is 19.8 Å². The van der Waals surface area contributed by atoms with E-state index in [9.17, 15) is 0 Å². The van der Waals surface area contributed by atoms with Gasteiger partial charge in [0.15, 0.2) is 0 Å². The third kappa shape index (κ3) is 4.01. The summed E-state index contributed by atoms with van der Waals surface area (Å²) in [6.07, 6.45) is 3.33. The average Bonchev–Trinajstić information content (AvgIpc) is 2.23. The maximum atomic E-state index is 5.48. The minimum absolute atomic E-state index is 0.167. The van der Waals surface area contributed by atoms with Crippen molar-refractivity contribution in [2.75, 3.05) is 19.5 Å². The Kier molecular flexibility index (Phi) is 4.66. The summed E-state index contributed by atoms with van der Waals surface area (Å²) in [6, 6.07) is 1.63. The third-order valence-corrected chi connectivity index (χ3v) is 1.90. The van der Waals surface area contributed by atoms with Crippen LogP contribution >= 0.6 is 0 Å². The predicted molar refractivity (Wildman–Crippen MR) is 58.0 cm³/mol. The van der Waals surface area contributed by atoms with Crippen LogP contribution in [0.15, 0.2) is 6.07 Å². The van der Waals surface area contributed by atoms with Gasteiger partial charge in [0.2, 0.25) is 17.7 Å². The second kappa shape index (κ2) is 6.06. The molecule has 0 saturated heterocycles. The van der Waals surface area contributed by atoms with E-state index in [1.807, 2.05) is 0 Å². The summed E-state index contributed by atoms with van der Waals surface area (Å²) in [5, 5.41) is 0. The van der Waals surface area contributed by atoms with Gasteiger partial charge in [-0.25, -0.2) is 0 Å². The maximum Gasteiger partial charge on any atom is 0.226 e. The van der Waals surface area contributed by atoms with Crippen molar-refractivity contribution in [2.24, 2.45) is 0 Å². The zero-order chi connectivity index (χ0) is 11.1. The lowest BCUT2D eigenvalue weighted by Gasteiger charge is -2.06. The molecule has 5 nitrogen and oxygen atoms in total. The Hall–Kier alpha value is -1.52. The normalized spacial score (nSPS) is 10.0. The monoisotopic (exact) mass is 211 g/mol. The van der Waals surface area contributed by atoms with E-state index in [2.05, 4.69) is 16.9 Å². The number of ether oxygens (including phenoxy) is 2. The largest absolute Gasteiger partial charge is 0.481 e. The van der Waals surface area contributed by atoms with E-state index in [4.69, 9.17) is 15.2 Å². The minimum Gasteiger partial charge on any atom is -0.481 e. The number of rotatable bonds is 6. The smallest absolute Gasteiger partial charge is 0.226 e. The summed E-state index contributed by atoms with van der Waals surface area (Å²) < 4.78 is 10.4. The Morgan fingerprint density at radius 3 is 2.67 bits per heavy atom. The Labute approximate surface area is 89.6 Å². The number of unbranched alkanes of at least 4 members (excludes halogenated alkanes) is 2. The van der Waals surface area contributed by atoms with Crippen molar-refractivity contribution >= 4 is 5.95 Å². The van der Waals surface area contributed by atoms with Crippen LogP contribution in [0.5, 0.6) is 11.8 Å². The van der Waals surface area contributed by atoms with Gasteiger partial charge >= 0.3 is 0 Å². The highest BCUT2D eigenvalue weighted by molar-refractivity contribution is 5.29. The number of anilines is 1. The fourth-order valence-corrected chi connectivity index (χ4v) is 1.13. The molecule has 1 heterocycles. The fraction of sp³-hybridized carbons (Fsp3) is 0.600. The van der Waals surface area contributed by atoms with Crippen molar-refractivity contribution in [3.8, 4) is 11.8 Å². The molecule has 1 rings (SSSR count). The van der Waals surface area contributed by atoms with Gasteiger partial charge in [0.25, 0.3) is 0 Å². The summed E-state index contributed by atoms with van der Waals surface area (Å²) in [6.45, 7) is 2.79. The molecule has 0 bridgehead atoms. The molecule has 0 fully saturated rings. The zero-order valence-corrected chi connectivity index (χ0v) is 9.19. The van der Waals surface area contributed by atoms with Crippen LogP contribution in [0.1, 0.15) is 26.2 Å². The first-order valence-corrected chi connectivity index (χ1v) is 5.07. The topological polar surface area (TPSA) is 70.3 Å². The lowest BCUT2D eigenvalue weighted by molar-refractivity contribution is 0.291. The molecule has 0 spiro atoms. The minimum atomic E-state index is 0.167. The number of nitrogen functional groups attached to an aromatic ring is 1. The van der Waals surface area contributed by atoms with Crippen molar-refractivity contribution in [3.63, 3.8) is 0 Å². The molecule has 0 aliphatic heterocycles. The molecule has 0 aliphatic rings. The summed E-state index contributed by atoms with van der Waals surface area (Å²) in [5.74, 6) is 1.06. The first-order valence-electron chi connectivity index (χ1n) is 5.07. The second-order valence-electron chi connectivity index (χ2n) is 3.16. The first kappa shape index (κ1) is 11.6. The Bertz CT molecular complexity index is 305. The van der Waals surface area contributed by atoms with Crippen molar-refractivity contribution in [1.29, 1.82) is 0 Å². The lowest BCUT2D eigenvalue weighted by atomic mass is 10.3. The maximum absolute atomic E-state index is 5.48. The highest BCUT2D eigenvalue weighted by Crippen LogP contribution is 2.16. The van der Waals surface area contributed by atoms with E-state index in [-0.39, 0.29) is 5.95 Å². The van der Waals surface area contributed by atoms with E-state index in [0.717, 1.165) is 12.8 Å². The Morgan fingerprint density at radius 2 is 2.00 bits per heavy atom. The molecule has 0 amide bonds. The number of hydrogen-bond donors (Lipinski definition) is 1. The van der Waals surface area contributed by atoms with Gasteiger partial charge in [-0.15, -0.1) is 0 Å². The van der Waals surface area contributed by atoms with Crippen LogP contribution in [0.2, 0.25) is 0 Å². The van der Waals surface area contributed by atoms with Gasteiger partial charge in [-0.3, -0.25) is 0 Å². The van der Waals surface area contributed by atoms with Crippen LogP contribution in [-0.4, -0.2) is 23.7 Å². The van der Waals surface area contributed by atoms with Crippen LogP contribution in [0, 0.1) is 0 Å². The van der Waals surface area contributed by atoms with Gasteiger partial charge < -0.3 is 15.2 Å². The van der Waals surface area contributed by atoms with Gasteiger partial charge in [-0.05, 0) is 6.42 Å². The molecule has 84 valence electrons. The Balaban J connectivity index is 2.49. The van der Waals surface area contributed by atoms with Gasteiger partial charge in [0.05, 0.1) is 19.8 Å². The van der Waals surface area contributed by atoms with Gasteiger partial charge in [-0.2, -0.15) is 9.97 Å². The van der Waals surface area contributed by atoms with Crippen LogP contribution < -0.4 is 15.2 Å². The lowest BCUT2D eigenvalue weighted by Crippen LogP contribution is -2.03. The number of nitrogens with two attached hydrogens (primary N) is 1. The summed E-state index contributed by atoms with van der Waals surface area (Å²) >= 11 is 0. The third-order valence-electron chi connectivity index (χ3n) is 1.90. The molecule has 0 unspecified atom stereocenters. The molecular weight excluding hydrogens is 194 g/mol. The van der Waals surface area contributed by atoms with E-state index in [1.54, 1.807) is 6.07 Å². The summed E-state index contributed by atoms with van der Waals surface area (Å²) in [7, 11) is 1.53. The highest BCUT2D eigenvalue weighted by atomic mass is 16.5.